The van der Waals surface area contributed by atoms with E-state index in [0.717, 1.165) is 17.5 Å². The summed E-state index contributed by atoms with van der Waals surface area (Å²) in [4.78, 5) is 4.38. The molecule has 108 valence electrons. The van der Waals surface area contributed by atoms with Crippen LogP contribution in [0.3, 0.4) is 0 Å². The lowest BCUT2D eigenvalue weighted by atomic mass is 10.1. The van der Waals surface area contributed by atoms with Gasteiger partial charge in [0.05, 0.1) is 5.56 Å². The van der Waals surface area contributed by atoms with Crippen molar-refractivity contribution in [2.45, 2.75) is 28.9 Å². The van der Waals surface area contributed by atoms with E-state index in [-0.39, 0.29) is 4.90 Å². The molecule has 0 unspecified atom stereocenters. The average Bonchev–Trinajstić information content (AvgIpc) is 2.76. The van der Waals surface area contributed by atoms with E-state index in [1.807, 2.05) is 12.3 Å². The molecule has 0 saturated carbocycles. The molecule has 2 aromatic rings. The Balaban J connectivity index is 2.36. The molecule has 0 atom stereocenters. The lowest BCUT2D eigenvalue weighted by Crippen LogP contribution is -2.10. The zero-order valence-corrected chi connectivity index (χ0v) is 12.5. The highest BCUT2D eigenvalue weighted by atomic mass is 32.2. The van der Waals surface area contributed by atoms with Gasteiger partial charge in [0, 0.05) is 22.5 Å². The Kier molecular flexibility index (Phi) is 4.72. The van der Waals surface area contributed by atoms with Gasteiger partial charge < -0.3 is 5.32 Å². The van der Waals surface area contributed by atoms with Crippen LogP contribution >= 0.6 is 23.1 Å². The molecular formula is C13H13F3N2S2. The molecule has 0 aliphatic rings. The molecule has 1 N–H and O–H groups in total. The first-order valence-corrected chi connectivity index (χ1v) is 7.54. The summed E-state index contributed by atoms with van der Waals surface area (Å²) >= 11 is 2.41. The molecule has 0 aliphatic heterocycles. The predicted molar refractivity (Wildman–Crippen MR) is 75.2 cm³/mol. The average molecular weight is 318 g/mol. The molecule has 1 aromatic carbocycles. The zero-order valence-electron chi connectivity index (χ0n) is 10.9. The molecule has 7 heteroatoms. The Morgan fingerprint density at radius 1 is 1.35 bits per heavy atom. The summed E-state index contributed by atoms with van der Waals surface area (Å²) in [7, 11) is 1.70. The fourth-order valence-electron chi connectivity index (χ4n) is 1.68. The Bertz CT molecular complexity index is 594. The number of nitrogens with one attached hydrogen (secondary N) is 1. The number of rotatable bonds is 4. The number of benzene rings is 1. The Hall–Kier alpha value is -1.05. The summed E-state index contributed by atoms with van der Waals surface area (Å²) in [6.45, 7) is 2.23. The zero-order chi connectivity index (χ0) is 14.8. The summed E-state index contributed by atoms with van der Waals surface area (Å²) < 4.78 is 40.0. The summed E-state index contributed by atoms with van der Waals surface area (Å²) in [6, 6.07) is 4.41. The van der Waals surface area contributed by atoms with Gasteiger partial charge in [-0.25, -0.2) is 4.98 Å². The van der Waals surface area contributed by atoms with E-state index < -0.39 is 11.7 Å². The number of hydrogen-bond acceptors (Lipinski definition) is 4. The molecule has 2 rings (SSSR count). The fraction of sp³-hybridized carbons (Fsp3) is 0.308. The van der Waals surface area contributed by atoms with Crippen molar-refractivity contribution in [1.29, 1.82) is 0 Å². The maximum atomic E-state index is 13.1. The second-order valence-electron chi connectivity index (χ2n) is 4.22. The van der Waals surface area contributed by atoms with E-state index in [9.17, 15) is 13.2 Å². The fourth-order valence-corrected chi connectivity index (χ4v) is 3.60. The molecule has 0 amide bonds. The van der Waals surface area contributed by atoms with Gasteiger partial charge in [-0.2, -0.15) is 13.2 Å². The molecule has 0 fully saturated rings. The van der Waals surface area contributed by atoms with Crippen molar-refractivity contribution in [3.63, 3.8) is 0 Å². The topological polar surface area (TPSA) is 24.9 Å². The van der Waals surface area contributed by atoms with Crippen molar-refractivity contribution in [3.8, 4) is 0 Å². The lowest BCUT2D eigenvalue weighted by Gasteiger charge is -2.13. The number of thiazole rings is 1. The van der Waals surface area contributed by atoms with Gasteiger partial charge in [0.1, 0.15) is 0 Å². The van der Waals surface area contributed by atoms with Crippen molar-refractivity contribution < 1.29 is 13.2 Å². The molecule has 0 saturated heterocycles. The smallest absolute Gasteiger partial charge is 0.316 e. The minimum absolute atomic E-state index is 0.187. The van der Waals surface area contributed by atoms with Gasteiger partial charge in [-0.05, 0) is 31.7 Å². The third kappa shape index (κ3) is 3.74. The van der Waals surface area contributed by atoms with E-state index in [2.05, 4.69) is 10.3 Å². The van der Waals surface area contributed by atoms with Crippen LogP contribution in [0.5, 0.6) is 0 Å². The molecule has 2 nitrogen and oxygen atoms in total. The quantitative estimate of drug-likeness (QED) is 0.907. The molecule has 0 radical (unpaired) electrons. The Morgan fingerprint density at radius 2 is 2.10 bits per heavy atom. The third-order valence-corrected chi connectivity index (χ3v) is 4.66. The maximum absolute atomic E-state index is 13.1. The monoisotopic (exact) mass is 318 g/mol. The number of aryl methyl sites for hydroxylation is 1. The number of halogens is 3. The van der Waals surface area contributed by atoms with Crippen LogP contribution in [-0.4, -0.2) is 12.0 Å². The van der Waals surface area contributed by atoms with E-state index in [1.165, 1.54) is 23.5 Å². The van der Waals surface area contributed by atoms with Crippen LogP contribution in [-0.2, 0) is 12.7 Å². The number of nitrogens with zero attached hydrogens (tertiary/aromatic N) is 1. The normalized spacial score (nSPS) is 11.8. The number of hydrogen-bond donors (Lipinski definition) is 1. The van der Waals surface area contributed by atoms with E-state index in [0.29, 0.717) is 16.4 Å². The van der Waals surface area contributed by atoms with E-state index in [1.54, 1.807) is 13.1 Å². The second-order valence-corrected chi connectivity index (χ2v) is 6.36. The molecule has 20 heavy (non-hydrogen) atoms. The minimum atomic E-state index is -4.36. The first-order valence-electron chi connectivity index (χ1n) is 5.85. The first kappa shape index (κ1) is 15.3. The summed E-state index contributed by atoms with van der Waals surface area (Å²) in [5.41, 5.74) is 0.820. The minimum Gasteiger partial charge on any atom is -0.316 e. The van der Waals surface area contributed by atoms with Crippen molar-refractivity contribution in [3.05, 3.63) is 40.4 Å². The highest BCUT2D eigenvalue weighted by Gasteiger charge is 2.34. The Labute approximate surface area is 123 Å². The number of alkyl halides is 3. The van der Waals surface area contributed by atoms with Crippen LogP contribution in [0.25, 0.3) is 0 Å². The highest BCUT2D eigenvalue weighted by molar-refractivity contribution is 8.01. The van der Waals surface area contributed by atoms with Gasteiger partial charge >= 0.3 is 6.18 Å². The number of aromatic nitrogens is 1. The van der Waals surface area contributed by atoms with Crippen LogP contribution in [0.15, 0.2) is 32.8 Å². The van der Waals surface area contributed by atoms with Crippen LogP contribution in [0.4, 0.5) is 13.2 Å². The summed E-state index contributed by atoms with van der Waals surface area (Å²) in [5, 5.41) is 4.68. The van der Waals surface area contributed by atoms with E-state index in [4.69, 9.17) is 0 Å². The summed E-state index contributed by atoms with van der Waals surface area (Å²) in [6.07, 6.45) is -4.36. The van der Waals surface area contributed by atoms with Crippen molar-refractivity contribution >= 4 is 23.1 Å². The van der Waals surface area contributed by atoms with Crippen molar-refractivity contribution in [2.24, 2.45) is 0 Å². The molecule has 0 bridgehead atoms. The second kappa shape index (κ2) is 6.15. The maximum Gasteiger partial charge on any atom is 0.417 e. The van der Waals surface area contributed by atoms with Crippen molar-refractivity contribution in [1.82, 2.24) is 10.3 Å². The van der Waals surface area contributed by atoms with Crippen LogP contribution in [0, 0.1) is 6.92 Å². The van der Waals surface area contributed by atoms with Gasteiger partial charge in [0.15, 0.2) is 4.34 Å². The van der Waals surface area contributed by atoms with E-state index >= 15 is 0 Å². The first-order chi connectivity index (χ1) is 9.40. The van der Waals surface area contributed by atoms with Crippen LogP contribution in [0.1, 0.15) is 16.8 Å². The SMILES string of the molecule is CNCc1ccc(Sc2nc(C)cs2)c(C(F)(F)F)c1. The lowest BCUT2D eigenvalue weighted by molar-refractivity contribution is -0.139. The van der Waals surface area contributed by atoms with Crippen LogP contribution < -0.4 is 5.32 Å². The third-order valence-electron chi connectivity index (χ3n) is 2.53. The van der Waals surface area contributed by atoms with Gasteiger partial charge in [0.25, 0.3) is 0 Å². The molecule has 1 heterocycles. The molecule has 0 spiro atoms. The van der Waals surface area contributed by atoms with Gasteiger partial charge in [-0.15, -0.1) is 11.3 Å². The molecule has 1 aromatic heterocycles. The molecule has 0 aliphatic carbocycles. The van der Waals surface area contributed by atoms with Gasteiger partial charge in [0.2, 0.25) is 0 Å². The predicted octanol–water partition coefficient (Wildman–Crippen LogP) is 4.34. The Morgan fingerprint density at radius 3 is 2.65 bits per heavy atom. The molecular weight excluding hydrogens is 305 g/mol. The standard InChI is InChI=1S/C13H13F3N2S2/c1-8-7-19-12(18-8)20-11-4-3-9(6-17-2)5-10(11)13(14,15)16/h3-5,7,17H,6H2,1-2H3. The van der Waals surface area contributed by atoms with Gasteiger partial charge in [-0.1, -0.05) is 17.8 Å². The summed E-state index contributed by atoms with van der Waals surface area (Å²) in [5.74, 6) is 0. The van der Waals surface area contributed by atoms with Crippen LogP contribution in [0.2, 0.25) is 0 Å². The largest absolute Gasteiger partial charge is 0.417 e. The van der Waals surface area contributed by atoms with Crippen molar-refractivity contribution in [2.75, 3.05) is 7.05 Å². The highest BCUT2D eigenvalue weighted by Crippen LogP contribution is 2.40. The van der Waals surface area contributed by atoms with Gasteiger partial charge in [-0.3, -0.25) is 0 Å².